The lowest BCUT2D eigenvalue weighted by molar-refractivity contribution is -0.135. The summed E-state index contributed by atoms with van der Waals surface area (Å²) in [4.78, 5) is 16.3. The van der Waals surface area contributed by atoms with Gasteiger partial charge in [0.25, 0.3) is 0 Å². The van der Waals surface area contributed by atoms with Gasteiger partial charge in [0.1, 0.15) is 12.9 Å². The topological polar surface area (TPSA) is 57.1 Å². The molecule has 0 heterocycles. The first kappa shape index (κ1) is 13.0. The fraction of sp³-hybridized carbons (Fsp3) is 0.333. The number of benzene rings is 1. The summed E-state index contributed by atoms with van der Waals surface area (Å²) in [5.41, 5.74) is 0.706. The van der Waals surface area contributed by atoms with Crippen LogP contribution in [0.2, 0.25) is 0 Å². The molecule has 0 saturated carbocycles. The lowest BCUT2D eigenvalue weighted by Crippen LogP contribution is -2.19. The number of ether oxygens (including phenoxy) is 2. The van der Waals surface area contributed by atoms with E-state index in [2.05, 4.69) is 9.99 Å². The zero-order chi connectivity index (χ0) is 12.7. The lowest BCUT2D eigenvalue weighted by Gasteiger charge is -2.06. The number of carbonyl (C=O) groups excluding carboxylic acids is 1. The molecule has 0 saturated heterocycles. The molecule has 5 heteroatoms. The van der Waals surface area contributed by atoms with E-state index in [0.29, 0.717) is 11.3 Å². The van der Waals surface area contributed by atoms with Crippen LogP contribution in [0.15, 0.2) is 29.4 Å². The number of carbonyl (C=O) groups is 1. The molecule has 0 bridgehead atoms. The number of hydrogen-bond acceptors (Lipinski definition) is 5. The third kappa shape index (κ3) is 3.48. The Morgan fingerprint density at radius 3 is 2.71 bits per heavy atom. The summed E-state index contributed by atoms with van der Waals surface area (Å²) in [7, 11) is 2.93. The molecule has 1 aromatic carbocycles. The second-order valence-electron chi connectivity index (χ2n) is 3.07. The van der Waals surface area contributed by atoms with Gasteiger partial charge in [0.15, 0.2) is 5.71 Å². The predicted molar refractivity (Wildman–Crippen MR) is 63.2 cm³/mol. The quantitative estimate of drug-likeness (QED) is 0.443. The van der Waals surface area contributed by atoms with Crippen molar-refractivity contribution >= 4 is 11.7 Å². The zero-order valence-electron chi connectivity index (χ0n) is 10.1. The number of nitrogens with zero attached hydrogens (tertiary/aromatic N) is 1. The van der Waals surface area contributed by atoms with E-state index in [4.69, 9.17) is 9.47 Å². The minimum Gasteiger partial charge on any atom is -0.497 e. The van der Waals surface area contributed by atoms with Gasteiger partial charge >= 0.3 is 5.97 Å². The van der Waals surface area contributed by atoms with Gasteiger partial charge in [-0.3, -0.25) is 0 Å². The second kappa shape index (κ2) is 6.52. The monoisotopic (exact) mass is 237 g/mol. The molecule has 0 radical (unpaired) electrons. The molecule has 0 unspecified atom stereocenters. The summed E-state index contributed by atoms with van der Waals surface area (Å²) in [5, 5.41) is 3.67. The van der Waals surface area contributed by atoms with Crippen LogP contribution >= 0.6 is 0 Å². The number of hydrogen-bond donors (Lipinski definition) is 0. The summed E-state index contributed by atoms with van der Waals surface area (Å²) in [6, 6.07) is 6.96. The Hall–Kier alpha value is -2.04. The Balaban J connectivity index is 3.05. The fourth-order valence-electron chi connectivity index (χ4n) is 1.27. The summed E-state index contributed by atoms with van der Waals surface area (Å²) in [5.74, 6) is 0.109. The van der Waals surface area contributed by atoms with Crippen LogP contribution in [-0.4, -0.2) is 32.5 Å². The molecule has 1 aromatic rings. The van der Waals surface area contributed by atoms with Gasteiger partial charge in [0, 0.05) is 5.56 Å². The smallest absolute Gasteiger partial charge is 0.361 e. The standard InChI is InChI=1S/C12H15NO4/c1-4-17-12(14)11(13-16-3)9-6-5-7-10(8-9)15-2/h5-8H,4H2,1-3H3/b13-11+. The summed E-state index contributed by atoms with van der Waals surface area (Å²) in [6.07, 6.45) is 0. The molecule has 0 N–H and O–H groups in total. The van der Waals surface area contributed by atoms with E-state index in [1.165, 1.54) is 7.11 Å². The fourth-order valence-corrected chi connectivity index (χ4v) is 1.27. The maximum Gasteiger partial charge on any atom is 0.361 e. The molecule has 0 spiro atoms. The number of rotatable bonds is 5. The van der Waals surface area contributed by atoms with Crippen LogP contribution in [0.4, 0.5) is 0 Å². The van der Waals surface area contributed by atoms with Crippen LogP contribution in [0, 0.1) is 0 Å². The van der Waals surface area contributed by atoms with Gasteiger partial charge < -0.3 is 14.3 Å². The van der Waals surface area contributed by atoms with Gasteiger partial charge in [0.2, 0.25) is 0 Å². The molecule has 0 aliphatic rings. The van der Waals surface area contributed by atoms with Crippen LogP contribution in [0.1, 0.15) is 12.5 Å². The van der Waals surface area contributed by atoms with E-state index in [9.17, 15) is 4.79 Å². The highest BCUT2D eigenvalue weighted by Crippen LogP contribution is 2.14. The van der Waals surface area contributed by atoms with Crippen molar-refractivity contribution in [3.8, 4) is 5.75 Å². The Morgan fingerprint density at radius 2 is 2.12 bits per heavy atom. The molecular formula is C12H15NO4. The van der Waals surface area contributed by atoms with Gasteiger partial charge in [-0.2, -0.15) is 0 Å². The predicted octanol–water partition coefficient (Wildman–Crippen LogP) is 1.61. The van der Waals surface area contributed by atoms with Crippen molar-refractivity contribution in [2.24, 2.45) is 5.16 Å². The van der Waals surface area contributed by atoms with Crippen molar-refractivity contribution in [1.82, 2.24) is 0 Å². The van der Waals surface area contributed by atoms with E-state index >= 15 is 0 Å². The number of esters is 1. The molecule has 17 heavy (non-hydrogen) atoms. The third-order valence-electron chi connectivity index (χ3n) is 1.99. The van der Waals surface area contributed by atoms with E-state index in [-0.39, 0.29) is 12.3 Å². The van der Waals surface area contributed by atoms with Gasteiger partial charge in [0.05, 0.1) is 13.7 Å². The summed E-state index contributed by atoms with van der Waals surface area (Å²) in [6.45, 7) is 2.01. The van der Waals surface area contributed by atoms with Crippen LogP contribution in [0.5, 0.6) is 5.75 Å². The summed E-state index contributed by atoms with van der Waals surface area (Å²) < 4.78 is 9.97. The van der Waals surface area contributed by atoms with Crippen LogP contribution in [-0.2, 0) is 14.4 Å². The van der Waals surface area contributed by atoms with Gasteiger partial charge in [-0.25, -0.2) is 4.79 Å². The first-order valence-electron chi connectivity index (χ1n) is 5.15. The molecule has 0 aliphatic heterocycles. The first-order chi connectivity index (χ1) is 8.22. The van der Waals surface area contributed by atoms with Crippen molar-refractivity contribution in [3.05, 3.63) is 29.8 Å². The maximum absolute atomic E-state index is 11.7. The highest BCUT2D eigenvalue weighted by Gasteiger charge is 2.16. The first-order valence-corrected chi connectivity index (χ1v) is 5.15. The van der Waals surface area contributed by atoms with E-state index in [0.717, 1.165) is 0 Å². The minimum absolute atomic E-state index is 0.119. The van der Waals surface area contributed by atoms with Gasteiger partial charge in [-0.05, 0) is 19.1 Å². The molecule has 0 atom stereocenters. The maximum atomic E-state index is 11.7. The van der Waals surface area contributed by atoms with Crippen molar-refractivity contribution in [2.75, 3.05) is 20.8 Å². The van der Waals surface area contributed by atoms with Crippen molar-refractivity contribution < 1.29 is 19.1 Å². The van der Waals surface area contributed by atoms with E-state index in [1.807, 2.05) is 0 Å². The lowest BCUT2D eigenvalue weighted by atomic mass is 10.1. The zero-order valence-corrected chi connectivity index (χ0v) is 10.1. The Labute approximate surface area is 100.0 Å². The average Bonchev–Trinajstić information content (AvgIpc) is 2.36. The average molecular weight is 237 g/mol. The van der Waals surface area contributed by atoms with Crippen LogP contribution in [0.25, 0.3) is 0 Å². The highest BCUT2D eigenvalue weighted by molar-refractivity contribution is 6.43. The van der Waals surface area contributed by atoms with Gasteiger partial charge in [-0.1, -0.05) is 17.3 Å². The molecule has 0 amide bonds. The molecule has 92 valence electrons. The second-order valence-corrected chi connectivity index (χ2v) is 3.07. The molecule has 0 aromatic heterocycles. The Morgan fingerprint density at radius 1 is 1.35 bits per heavy atom. The normalized spacial score (nSPS) is 10.9. The van der Waals surface area contributed by atoms with Crippen molar-refractivity contribution in [1.29, 1.82) is 0 Å². The Kier molecular flexibility index (Phi) is 5.00. The summed E-state index contributed by atoms with van der Waals surface area (Å²) >= 11 is 0. The molecule has 5 nitrogen and oxygen atoms in total. The van der Waals surface area contributed by atoms with E-state index in [1.54, 1.807) is 38.3 Å². The van der Waals surface area contributed by atoms with Crippen molar-refractivity contribution in [3.63, 3.8) is 0 Å². The van der Waals surface area contributed by atoms with Crippen LogP contribution in [0.3, 0.4) is 0 Å². The molecule has 0 aliphatic carbocycles. The van der Waals surface area contributed by atoms with Crippen molar-refractivity contribution in [2.45, 2.75) is 6.92 Å². The SMILES string of the molecule is CCOC(=O)/C(=N/OC)c1cccc(OC)c1. The Bertz CT molecular complexity index is 415. The molecule has 0 fully saturated rings. The molecule has 1 rings (SSSR count). The van der Waals surface area contributed by atoms with E-state index < -0.39 is 5.97 Å². The van der Waals surface area contributed by atoms with Crippen LogP contribution < -0.4 is 4.74 Å². The largest absolute Gasteiger partial charge is 0.497 e. The minimum atomic E-state index is -0.525. The van der Waals surface area contributed by atoms with Gasteiger partial charge in [-0.15, -0.1) is 0 Å². The number of oxime groups is 1. The number of methoxy groups -OCH3 is 1. The molecular weight excluding hydrogens is 222 g/mol. The highest BCUT2D eigenvalue weighted by atomic mass is 16.6. The third-order valence-corrected chi connectivity index (χ3v) is 1.99.